The fourth-order valence-corrected chi connectivity index (χ4v) is 1.72. The van der Waals surface area contributed by atoms with Crippen LogP contribution in [0.2, 0.25) is 5.02 Å². The van der Waals surface area contributed by atoms with Gasteiger partial charge in [-0.2, -0.15) is 0 Å². The molecule has 1 aromatic carbocycles. The zero-order chi connectivity index (χ0) is 13.0. The standard InChI is InChI=1S/C14H10ClNO2/c15-12-3-1-2-10(8-12)4-5-11-6-7-16-9-13(11)14(17)18/h1-9H,(H,17,18)/b5-4+. The largest absolute Gasteiger partial charge is 0.478 e. The number of aromatic nitrogens is 1. The molecule has 0 unspecified atom stereocenters. The molecule has 0 aliphatic rings. The SMILES string of the molecule is O=C(O)c1cnccc1/C=C/c1cccc(Cl)c1. The molecule has 3 nitrogen and oxygen atoms in total. The third kappa shape index (κ3) is 2.96. The lowest BCUT2D eigenvalue weighted by atomic mass is 10.1. The number of halogens is 1. The van der Waals surface area contributed by atoms with Crippen molar-refractivity contribution in [3.05, 3.63) is 64.4 Å². The minimum atomic E-state index is -0.992. The van der Waals surface area contributed by atoms with Gasteiger partial charge in [-0.3, -0.25) is 4.98 Å². The van der Waals surface area contributed by atoms with E-state index in [0.29, 0.717) is 10.6 Å². The van der Waals surface area contributed by atoms with Crippen LogP contribution in [0.5, 0.6) is 0 Å². The first-order valence-electron chi connectivity index (χ1n) is 5.28. The maximum atomic E-state index is 11.0. The van der Waals surface area contributed by atoms with Gasteiger partial charge in [0.2, 0.25) is 0 Å². The number of aromatic carboxylic acids is 1. The van der Waals surface area contributed by atoms with Gasteiger partial charge in [0.25, 0.3) is 0 Å². The molecule has 0 fully saturated rings. The van der Waals surface area contributed by atoms with Gasteiger partial charge in [-0.15, -0.1) is 0 Å². The Morgan fingerprint density at radius 3 is 2.83 bits per heavy atom. The van der Waals surface area contributed by atoms with Crippen LogP contribution >= 0.6 is 11.6 Å². The number of carbonyl (C=O) groups is 1. The topological polar surface area (TPSA) is 50.2 Å². The number of carboxylic acids is 1. The summed E-state index contributed by atoms with van der Waals surface area (Å²) in [4.78, 5) is 14.8. The normalized spacial score (nSPS) is 10.7. The lowest BCUT2D eigenvalue weighted by Gasteiger charge is -1.99. The van der Waals surface area contributed by atoms with Gasteiger partial charge in [-0.1, -0.05) is 35.9 Å². The van der Waals surface area contributed by atoms with Crippen LogP contribution < -0.4 is 0 Å². The van der Waals surface area contributed by atoms with Gasteiger partial charge in [0.15, 0.2) is 0 Å². The first-order chi connectivity index (χ1) is 8.66. The molecule has 0 bridgehead atoms. The average molecular weight is 260 g/mol. The van der Waals surface area contributed by atoms with Crippen molar-refractivity contribution in [3.8, 4) is 0 Å². The molecule has 0 saturated carbocycles. The van der Waals surface area contributed by atoms with Crippen LogP contribution in [0.4, 0.5) is 0 Å². The third-order valence-electron chi connectivity index (χ3n) is 2.39. The molecular formula is C14H10ClNO2. The molecule has 0 spiro atoms. The van der Waals surface area contributed by atoms with Crippen molar-refractivity contribution in [1.29, 1.82) is 0 Å². The molecule has 1 heterocycles. The van der Waals surface area contributed by atoms with E-state index in [2.05, 4.69) is 4.98 Å². The predicted molar refractivity (Wildman–Crippen MR) is 71.6 cm³/mol. The van der Waals surface area contributed by atoms with Crippen LogP contribution in [-0.2, 0) is 0 Å². The molecule has 0 atom stereocenters. The Morgan fingerprint density at radius 1 is 1.28 bits per heavy atom. The highest BCUT2D eigenvalue weighted by Gasteiger charge is 2.06. The Hall–Kier alpha value is -2.13. The van der Waals surface area contributed by atoms with Gasteiger partial charge in [0, 0.05) is 17.4 Å². The lowest BCUT2D eigenvalue weighted by molar-refractivity contribution is 0.0696. The molecule has 0 aliphatic heterocycles. The summed E-state index contributed by atoms with van der Waals surface area (Å²) in [6.45, 7) is 0. The molecule has 0 saturated heterocycles. The highest BCUT2D eigenvalue weighted by atomic mass is 35.5. The summed E-state index contributed by atoms with van der Waals surface area (Å²) in [5, 5.41) is 9.66. The van der Waals surface area contributed by atoms with Crippen LogP contribution in [0, 0.1) is 0 Å². The second kappa shape index (κ2) is 5.47. The summed E-state index contributed by atoms with van der Waals surface area (Å²) >= 11 is 5.87. The fraction of sp³-hybridized carbons (Fsp3) is 0. The van der Waals surface area contributed by atoms with Crippen LogP contribution in [0.3, 0.4) is 0 Å². The van der Waals surface area contributed by atoms with Gasteiger partial charge in [-0.05, 0) is 29.3 Å². The fourth-order valence-electron chi connectivity index (χ4n) is 1.53. The van der Waals surface area contributed by atoms with Crippen molar-refractivity contribution in [3.63, 3.8) is 0 Å². The number of hydrogen-bond acceptors (Lipinski definition) is 2. The minimum absolute atomic E-state index is 0.177. The summed E-state index contributed by atoms with van der Waals surface area (Å²) in [5.41, 5.74) is 1.70. The first kappa shape index (κ1) is 12.3. The van der Waals surface area contributed by atoms with Gasteiger partial charge in [-0.25, -0.2) is 4.79 Å². The maximum absolute atomic E-state index is 11.0. The van der Waals surface area contributed by atoms with Crippen molar-refractivity contribution < 1.29 is 9.90 Å². The Bertz CT molecular complexity index is 608. The zero-order valence-electron chi connectivity index (χ0n) is 9.38. The molecule has 90 valence electrons. The number of rotatable bonds is 3. The summed E-state index contributed by atoms with van der Waals surface area (Å²) in [7, 11) is 0. The molecule has 2 aromatic rings. The van der Waals surface area contributed by atoms with Crippen molar-refractivity contribution in [2.75, 3.05) is 0 Å². The van der Waals surface area contributed by atoms with Gasteiger partial charge < -0.3 is 5.11 Å². The Balaban J connectivity index is 2.32. The summed E-state index contributed by atoms with van der Waals surface area (Å²) in [6, 6.07) is 8.98. The van der Waals surface area contributed by atoms with Crippen molar-refractivity contribution in [1.82, 2.24) is 4.98 Å². The van der Waals surface area contributed by atoms with E-state index in [1.165, 1.54) is 6.20 Å². The van der Waals surface area contributed by atoms with E-state index < -0.39 is 5.97 Å². The summed E-state index contributed by atoms with van der Waals surface area (Å²) in [6.07, 6.45) is 6.44. The maximum Gasteiger partial charge on any atom is 0.337 e. The van der Waals surface area contributed by atoms with E-state index in [-0.39, 0.29) is 5.56 Å². The number of pyridine rings is 1. The lowest BCUT2D eigenvalue weighted by Crippen LogP contribution is -1.99. The average Bonchev–Trinajstić information content (AvgIpc) is 2.37. The number of nitrogens with zero attached hydrogens (tertiary/aromatic N) is 1. The van der Waals surface area contributed by atoms with Gasteiger partial charge in [0.1, 0.15) is 0 Å². The Kier molecular flexibility index (Phi) is 3.75. The van der Waals surface area contributed by atoms with Crippen molar-refractivity contribution in [2.45, 2.75) is 0 Å². The van der Waals surface area contributed by atoms with Crippen LogP contribution in [-0.4, -0.2) is 16.1 Å². The number of hydrogen-bond donors (Lipinski definition) is 1. The van der Waals surface area contributed by atoms with E-state index in [0.717, 1.165) is 5.56 Å². The van der Waals surface area contributed by atoms with Gasteiger partial charge in [0.05, 0.1) is 5.56 Å². The second-order valence-corrected chi connectivity index (χ2v) is 4.09. The van der Waals surface area contributed by atoms with Crippen LogP contribution in [0.25, 0.3) is 12.2 Å². The number of carboxylic acid groups (broad SMARTS) is 1. The van der Waals surface area contributed by atoms with E-state index in [9.17, 15) is 4.79 Å². The quantitative estimate of drug-likeness (QED) is 0.916. The van der Waals surface area contributed by atoms with Gasteiger partial charge >= 0.3 is 5.97 Å². The molecule has 18 heavy (non-hydrogen) atoms. The molecule has 1 N–H and O–H groups in total. The van der Waals surface area contributed by atoms with E-state index in [1.54, 1.807) is 30.5 Å². The highest BCUT2D eigenvalue weighted by molar-refractivity contribution is 6.30. The smallest absolute Gasteiger partial charge is 0.337 e. The Labute approximate surface area is 109 Å². The third-order valence-corrected chi connectivity index (χ3v) is 2.62. The van der Waals surface area contributed by atoms with Crippen LogP contribution in [0.15, 0.2) is 42.7 Å². The molecule has 0 radical (unpaired) electrons. The molecule has 4 heteroatoms. The highest BCUT2D eigenvalue weighted by Crippen LogP contribution is 2.15. The molecule has 1 aromatic heterocycles. The van der Waals surface area contributed by atoms with E-state index in [4.69, 9.17) is 16.7 Å². The van der Waals surface area contributed by atoms with Crippen molar-refractivity contribution >= 4 is 29.7 Å². The number of benzene rings is 1. The predicted octanol–water partition coefficient (Wildman–Crippen LogP) is 3.60. The summed E-state index contributed by atoms with van der Waals surface area (Å²) < 4.78 is 0. The molecule has 2 rings (SSSR count). The Morgan fingerprint density at radius 2 is 2.11 bits per heavy atom. The summed E-state index contributed by atoms with van der Waals surface area (Å²) in [5.74, 6) is -0.992. The van der Waals surface area contributed by atoms with E-state index >= 15 is 0 Å². The molecule has 0 amide bonds. The molecule has 0 aliphatic carbocycles. The monoisotopic (exact) mass is 259 g/mol. The minimum Gasteiger partial charge on any atom is -0.478 e. The van der Waals surface area contributed by atoms with Crippen molar-refractivity contribution in [2.24, 2.45) is 0 Å². The second-order valence-electron chi connectivity index (χ2n) is 3.66. The molecular weight excluding hydrogens is 250 g/mol. The first-order valence-corrected chi connectivity index (χ1v) is 5.65. The zero-order valence-corrected chi connectivity index (χ0v) is 10.1. The van der Waals surface area contributed by atoms with E-state index in [1.807, 2.05) is 18.2 Å². The van der Waals surface area contributed by atoms with Crippen LogP contribution in [0.1, 0.15) is 21.5 Å².